The lowest BCUT2D eigenvalue weighted by molar-refractivity contribution is -0.147. The number of nitrogens with zero attached hydrogens (tertiary/aromatic N) is 8. The molecule has 4 saturated heterocycles. The zero-order valence-corrected chi connectivity index (χ0v) is 65.8. The number of nitrogens with one attached hydrogen (secondary N) is 5. The number of aliphatic carboxylic acids is 5. The molecule has 9 atom stereocenters. The number of amides is 8. The highest BCUT2D eigenvalue weighted by Gasteiger charge is 2.45. The number of benzene rings is 2. The van der Waals surface area contributed by atoms with Crippen LogP contribution < -0.4 is 31.7 Å². The van der Waals surface area contributed by atoms with Gasteiger partial charge in [-0.1, -0.05) is 68.3 Å². The minimum atomic E-state index is -4.12. The molecule has 2 aromatic carbocycles. The van der Waals surface area contributed by atoms with E-state index in [2.05, 4.69) is 30.9 Å². The average Bonchev–Trinajstić information content (AvgIpc) is 1.66. The summed E-state index contributed by atoms with van der Waals surface area (Å²) < 4.78 is 30.5. The smallest absolute Gasteiger partial charge is 0.326 e. The van der Waals surface area contributed by atoms with E-state index in [0.717, 1.165) is 17.3 Å². The Bertz CT molecular complexity index is 3710. The summed E-state index contributed by atoms with van der Waals surface area (Å²) >= 11 is 2.38. The summed E-state index contributed by atoms with van der Waals surface area (Å²) in [6, 6.07) is 3.33. The van der Waals surface area contributed by atoms with Crippen molar-refractivity contribution < 1.29 is 106 Å². The summed E-state index contributed by atoms with van der Waals surface area (Å²) in [5, 5.41) is 70.0. The lowest BCUT2D eigenvalue weighted by atomic mass is 9.94. The van der Waals surface area contributed by atoms with Crippen LogP contribution in [0.1, 0.15) is 107 Å². The van der Waals surface area contributed by atoms with Gasteiger partial charge >= 0.3 is 29.8 Å². The molecular formula is C73H108N14O22S3. The third-order valence-corrected chi connectivity index (χ3v) is 24.0. The van der Waals surface area contributed by atoms with Gasteiger partial charge in [0.15, 0.2) is 5.78 Å². The van der Waals surface area contributed by atoms with Crippen molar-refractivity contribution in [3.05, 3.63) is 70.8 Å². The Morgan fingerprint density at radius 2 is 1.12 bits per heavy atom. The fraction of sp³-hybridized carbons (Fsp3) is 0.644. The zero-order chi connectivity index (χ0) is 81.8. The molecule has 0 aromatic heterocycles. The van der Waals surface area contributed by atoms with Crippen LogP contribution in [0.2, 0.25) is 0 Å². The summed E-state index contributed by atoms with van der Waals surface area (Å²) in [7, 11) is -4.12. The predicted octanol–water partition coefficient (Wildman–Crippen LogP) is -2.29. The Morgan fingerprint density at radius 3 is 1.65 bits per heavy atom. The van der Waals surface area contributed by atoms with E-state index in [1.165, 1.54) is 28.5 Å². The van der Waals surface area contributed by atoms with E-state index in [9.17, 15) is 96.6 Å². The van der Waals surface area contributed by atoms with Gasteiger partial charge in [0.05, 0.1) is 56.4 Å². The second-order valence-electron chi connectivity index (χ2n) is 29.1. The largest absolute Gasteiger partial charge is 0.481 e. The van der Waals surface area contributed by atoms with Gasteiger partial charge in [-0.05, 0) is 74.1 Å². The first-order valence-electron chi connectivity index (χ1n) is 37.9. The second-order valence-corrected chi connectivity index (χ2v) is 33.0. The molecular weight excluding hydrogens is 1520 g/mol. The van der Waals surface area contributed by atoms with Gasteiger partial charge in [0.1, 0.15) is 36.3 Å². The molecule has 7 rings (SSSR count). The third kappa shape index (κ3) is 29.8. The molecule has 4 fully saturated rings. The van der Waals surface area contributed by atoms with Crippen LogP contribution in [0.3, 0.4) is 0 Å². The van der Waals surface area contributed by atoms with Gasteiger partial charge in [0.2, 0.25) is 57.3 Å². The van der Waals surface area contributed by atoms with Crippen molar-refractivity contribution >= 4 is 116 Å². The number of hydrogen-bond donors (Lipinski definition) is 12. The Hall–Kier alpha value is -8.41. The number of nitrogens with two attached hydrogens (primary N) is 1. The van der Waals surface area contributed by atoms with Crippen molar-refractivity contribution in [2.45, 2.75) is 157 Å². The SMILES string of the molecule is CCCCCS(=O)(=O)N[C@H]1CSCc2cc(cc(CN3CCN(C(=O)CN4CCN(CC(=O)O)CCN(CC(=O)O)CCN(CC(=O)O)CC4)CC3)c2)CSC[C@@H](C(=O)N[C@@H](CC(=O)O)C(=O)O)CC(=O)[C@H](Cc2ccccc2)NC(=O)[C@H](CCC(N)=O)NC(=O)[C@H]([C@@H](C)O)NC(=O)[C@@H]2CCCN2C(=O)[C@@H]2CCCN2C1=O. The van der Waals surface area contributed by atoms with Crippen LogP contribution in [-0.4, -0.2) is 345 Å². The lowest BCUT2D eigenvalue weighted by Gasteiger charge is -2.37. The number of unbranched alkanes of at least 4 members (excludes halogenated alkanes) is 2. The monoisotopic (exact) mass is 1630 g/mol. The van der Waals surface area contributed by atoms with Gasteiger partial charge in [-0.3, -0.25) is 86.8 Å². The number of aliphatic hydroxyl groups is 1. The molecule has 2 aromatic rings. The lowest BCUT2D eigenvalue weighted by Crippen LogP contribution is -2.61. The van der Waals surface area contributed by atoms with Crippen molar-refractivity contribution in [2.24, 2.45) is 11.7 Å². The van der Waals surface area contributed by atoms with Crippen LogP contribution in [-0.2, 0) is 102 Å². The molecule has 5 heterocycles. The number of sulfonamides is 1. The van der Waals surface area contributed by atoms with Crippen LogP contribution in [0.5, 0.6) is 0 Å². The molecule has 0 radical (unpaired) electrons. The van der Waals surface area contributed by atoms with E-state index < -0.39 is 167 Å². The number of Topliss-reactive ketones (excluding diaryl/α,β-unsaturated/α-hetero) is 1. The fourth-order valence-electron chi connectivity index (χ4n) is 14.3. The Morgan fingerprint density at radius 1 is 0.598 bits per heavy atom. The first kappa shape index (κ1) is 90.8. The quantitative estimate of drug-likeness (QED) is 0.0419. The molecule has 39 heteroatoms. The number of hydrogen-bond acceptors (Lipinski definition) is 24. The maximum absolute atomic E-state index is 15.1. The van der Waals surface area contributed by atoms with Gasteiger partial charge < -0.3 is 72.3 Å². The van der Waals surface area contributed by atoms with Gasteiger partial charge in [0, 0.05) is 134 Å². The highest BCUT2D eigenvalue weighted by atomic mass is 32.2. The number of rotatable bonds is 27. The van der Waals surface area contributed by atoms with Gasteiger partial charge in [0.25, 0.3) is 0 Å². The first-order valence-corrected chi connectivity index (χ1v) is 41.8. The summed E-state index contributed by atoms with van der Waals surface area (Å²) in [5.74, 6) is -15.5. The van der Waals surface area contributed by atoms with Crippen molar-refractivity contribution in [2.75, 3.05) is 135 Å². The molecule has 5 aliphatic heterocycles. The molecule has 0 unspecified atom stereocenters. The van der Waals surface area contributed by atoms with E-state index in [1.54, 1.807) is 49.9 Å². The number of primary amides is 1. The summed E-state index contributed by atoms with van der Waals surface area (Å²) in [6.07, 6.45) is -2.08. The highest BCUT2D eigenvalue weighted by Crippen LogP contribution is 2.29. The number of carboxylic acids is 5. The van der Waals surface area contributed by atoms with Crippen LogP contribution in [0.25, 0.3) is 0 Å². The van der Waals surface area contributed by atoms with E-state index in [0.29, 0.717) is 68.4 Å². The maximum Gasteiger partial charge on any atom is 0.326 e. The number of carboxylic acid groups (broad SMARTS) is 5. The van der Waals surface area contributed by atoms with Crippen molar-refractivity contribution in [3.8, 4) is 0 Å². The molecule has 620 valence electrons. The number of thioether (sulfide) groups is 2. The molecule has 112 heavy (non-hydrogen) atoms. The summed E-state index contributed by atoms with van der Waals surface area (Å²) in [4.78, 5) is 203. The molecule has 36 nitrogen and oxygen atoms in total. The highest BCUT2D eigenvalue weighted by molar-refractivity contribution is 7.98. The van der Waals surface area contributed by atoms with Gasteiger partial charge in [-0.25, -0.2) is 17.9 Å². The fourth-order valence-corrected chi connectivity index (χ4v) is 17.8. The molecule has 2 bridgehead atoms. The first-order chi connectivity index (χ1) is 53.2. The van der Waals surface area contributed by atoms with Crippen molar-refractivity contribution in [1.82, 2.24) is 65.2 Å². The molecule has 0 spiro atoms. The Kier molecular flexibility index (Phi) is 36.4. The van der Waals surface area contributed by atoms with E-state index in [-0.39, 0.29) is 159 Å². The number of carbonyl (C=O) groups is 14. The Labute approximate surface area is 659 Å². The molecule has 5 aliphatic rings. The Balaban J connectivity index is 1.23. The zero-order valence-electron chi connectivity index (χ0n) is 63.4. The third-order valence-electron chi connectivity index (χ3n) is 20.2. The number of fused-ring (bicyclic) bond motifs is 4. The average molecular weight is 1630 g/mol. The maximum atomic E-state index is 15.1. The minimum absolute atomic E-state index is 0.0514. The molecule has 0 aliphatic carbocycles. The normalized spacial score (nSPS) is 23.8. The van der Waals surface area contributed by atoms with Gasteiger partial charge in [-0.2, -0.15) is 23.5 Å². The van der Waals surface area contributed by atoms with Crippen molar-refractivity contribution in [1.29, 1.82) is 0 Å². The van der Waals surface area contributed by atoms with Crippen LogP contribution in [0.15, 0.2) is 48.5 Å². The van der Waals surface area contributed by atoms with Crippen LogP contribution in [0, 0.1) is 5.92 Å². The van der Waals surface area contributed by atoms with E-state index in [4.69, 9.17) is 5.73 Å². The van der Waals surface area contributed by atoms with Crippen LogP contribution in [0.4, 0.5) is 0 Å². The molecule has 0 saturated carbocycles. The summed E-state index contributed by atoms with van der Waals surface area (Å²) in [6.45, 7) is 5.45. The molecule has 8 amide bonds. The van der Waals surface area contributed by atoms with E-state index in [1.807, 2.05) is 30.0 Å². The predicted molar refractivity (Wildman–Crippen MR) is 410 cm³/mol. The molecule has 13 N–H and O–H groups in total. The number of ketones is 1. The topological polar surface area (TPSA) is 507 Å². The standard InChI is InChI=1S/C73H108N14O22S3/c1-3-4-8-31-112(108,109)79-56-46-111-44-51-33-49(38-80-27-29-85(30-28-80)61(91)39-81-19-21-82(40-63(94)95)23-25-84(42-65(98)99)26-24-83(22-20-81)41-64(96)97)32-50(34-51)43-110-45-52(67(100)77-55(73(106)107)37-62(92)93)36-59(89)54(35-48-11-6-5-7-12-48)76-68(101)53(15-16-60(74)90)75-70(103)66(47(2)88)78-69(102)57-13-9-17-86(57)72(105)58-14-10-18-87(58)71(56)104/h5-7,11-12,32-34,47,52-58,66,79,88H,3-4,8-10,13-31,35-46H2,1-2H3,(H2,74,90)(H,75,103)(H,76,101)(H,77,100)(H,78,102)(H,92,93)(H,94,95)(H,96,97)(H,98,99)(H,106,107)/t47-,52+,53+,54+,55+,56+,57+,58+,66+/m1/s1. The van der Waals surface area contributed by atoms with Crippen molar-refractivity contribution in [3.63, 3.8) is 0 Å². The van der Waals surface area contributed by atoms with E-state index >= 15 is 9.59 Å². The number of aliphatic hydroxyl groups excluding tert-OH is 1. The summed E-state index contributed by atoms with van der Waals surface area (Å²) in [5.41, 5.74) is 8.18. The number of carbonyl (C=O) groups excluding carboxylic acids is 9. The van der Waals surface area contributed by atoms with Crippen LogP contribution >= 0.6 is 23.5 Å². The van der Waals surface area contributed by atoms with Gasteiger partial charge in [-0.15, -0.1) is 0 Å². The number of piperazine rings is 1. The minimum Gasteiger partial charge on any atom is -0.481 e. The second kappa shape index (κ2) is 44.9.